The summed E-state index contributed by atoms with van der Waals surface area (Å²) in [5, 5.41) is 7.52. The Morgan fingerprint density at radius 2 is 2.11 bits per heavy atom. The number of nitrogens with zero attached hydrogens (tertiary/aromatic N) is 3. The molecule has 2 rings (SSSR count). The first kappa shape index (κ1) is 13.5. The van der Waals surface area contributed by atoms with Crippen molar-refractivity contribution >= 4 is 28.8 Å². The molecular formula is C13H17N5S. The molecule has 3 N–H and O–H groups in total. The van der Waals surface area contributed by atoms with E-state index in [0.717, 1.165) is 17.1 Å². The van der Waals surface area contributed by atoms with Gasteiger partial charge in [0, 0.05) is 17.8 Å². The topological polar surface area (TPSA) is 68.8 Å². The van der Waals surface area contributed by atoms with Gasteiger partial charge in [-0.3, -0.25) is 0 Å². The number of pyridine rings is 1. The molecule has 2 heterocycles. The van der Waals surface area contributed by atoms with E-state index in [9.17, 15) is 0 Å². The van der Waals surface area contributed by atoms with Crippen LogP contribution >= 0.6 is 12.2 Å². The van der Waals surface area contributed by atoms with Crippen molar-refractivity contribution in [1.29, 1.82) is 0 Å². The van der Waals surface area contributed by atoms with Crippen molar-refractivity contribution in [2.45, 2.75) is 26.8 Å². The minimum Gasteiger partial charge on any atom is -0.389 e. The molecule has 0 fully saturated rings. The molecule has 0 saturated heterocycles. The fourth-order valence-corrected chi connectivity index (χ4v) is 1.96. The van der Waals surface area contributed by atoms with Crippen molar-refractivity contribution in [1.82, 2.24) is 14.8 Å². The highest BCUT2D eigenvalue weighted by molar-refractivity contribution is 7.80. The molecule has 5 nitrogen and oxygen atoms in total. The molecule has 0 bridgehead atoms. The standard InChI is InChI=1S/C13H17N5S/c1-8(2)18-11(6-7-15-18)17-13-10(12(14)19)5-4-9(3)16-13/h4-8H,1-3H3,(H2,14,19)(H,16,17). The van der Waals surface area contributed by atoms with Gasteiger partial charge < -0.3 is 11.1 Å². The van der Waals surface area contributed by atoms with Gasteiger partial charge >= 0.3 is 0 Å². The summed E-state index contributed by atoms with van der Waals surface area (Å²) in [5.74, 6) is 1.53. The number of aryl methyl sites for hydroxylation is 1. The van der Waals surface area contributed by atoms with Crippen LogP contribution in [0.15, 0.2) is 24.4 Å². The molecule has 0 saturated carbocycles. The third-order valence-electron chi connectivity index (χ3n) is 2.71. The van der Waals surface area contributed by atoms with E-state index in [1.54, 1.807) is 6.20 Å². The van der Waals surface area contributed by atoms with Crippen molar-refractivity contribution in [2.75, 3.05) is 5.32 Å². The van der Waals surface area contributed by atoms with Gasteiger partial charge in [-0.2, -0.15) is 5.10 Å². The van der Waals surface area contributed by atoms with E-state index in [1.807, 2.05) is 29.8 Å². The van der Waals surface area contributed by atoms with Crippen molar-refractivity contribution in [3.63, 3.8) is 0 Å². The predicted molar refractivity (Wildman–Crippen MR) is 80.8 cm³/mol. The van der Waals surface area contributed by atoms with Gasteiger partial charge in [-0.15, -0.1) is 0 Å². The van der Waals surface area contributed by atoms with E-state index >= 15 is 0 Å². The SMILES string of the molecule is Cc1ccc(C(N)=S)c(Nc2ccnn2C(C)C)n1. The quantitative estimate of drug-likeness (QED) is 0.839. The smallest absolute Gasteiger partial charge is 0.142 e. The van der Waals surface area contributed by atoms with Gasteiger partial charge in [0.1, 0.15) is 16.6 Å². The molecule has 0 atom stereocenters. The molecular weight excluding hydrogens is 258 g/mol. The molecule has 0 unspecified atom stereocenters. The van der Waals surface area contributed by atoms with E-state index in [1.165, 1.54) is 0 Å². The molecule has 2 aromatic rings. The molecule has 0 spiro atoms. The van der Waals surface area contributed by atoms with Gasteiger partial charge in [-0.05, 0) is 32.9 Å². The van der Waals surface area contributed by atoms with Gasteiger partial charge in [0.05, 0.1) is 11.8 Å². The van der Waals surface area contributed by atoms with E-state index in [4.69, 9.17) is 18.0 Å². The summed E-state index contributed by atoms with van der Waals surface area (Å²) in [6, 6.07) is 5.92. The summed E-state index contributed by atoms with van der Waals surface area (Å²) in [6.07, 6.45) is 1.75. The first-order valence-corrected chi connectivity index (χ1v) is 6.48. The van der Waals surface area contributed by atoms with Crippen LogP contribution in [0.25, 0.3) is 0 Å². The summed E-state index contributed by atoms with van der Waals surface area (Å²) in [5.41, 5.74) is 7.35. The summed E-state index contributed by atoms with van der Waals surface area (Å²) < 4.78 is 1.88. The van der Waals surface area contributed by atoms with Gasteiger partial charge in [0.2, 0.25) is 0 Å². The Labute approximate surface area is 117 Å². The summed E-state index contributed by atoms with van der Waals surface area (Å²) in [4.78, 5) is 4.77. The highest BCUT2D eigenvalue weighted by Gasteiger charge is 2.11. The fourth-order valence-electron chi connectivity index (χ4n) is 1.80. The average Bonchev–Trinajstić information content (AvgIpc) is 2.76. The number of thiocarbonyl (C=S) groups is 1. The van der Waals surface area contributed by atoms with Crippen LogP contribution in [0.4, 0.5) is 11.6 Å². The lowest BCUT2D eigenvalue weighted by molar-refractivity contribution is 0.539. The lowest BCUT2D eigenvalue weighted by Gasteiger charge is -2.14. The molecule has 6 heteroatoms. The number of rotatable bonds is 4. The number of nitrogens with two attached hydrogens (primary N) is 1. The minimum atomic E-state index is 0.260. The maximum absolute atomic E-state index is 5.72. The zero-order chi connectivity index (χ0) is 14.0. The highest BCUT2D eigenvalue weighted by Crippen LogP contribution is 2.21. The van der Waals surface area contributed by atoms with Crippen LogP contribution in [0.5, 0.6) is 0 Å². The van der Waals surface area contributed by atoms with Gasteiger partial charge in [0.25, 0.3) is 0 Å². The van der Waals surface area contributed by atoms with Crippen LogP contribution < -0.4 is 11.1 Å². The predicted octanol–water partition coefficient (Wildman–Crippen LogP) is 2.55. The lowest BCUT2D eigenvalue weighted by atomic mass is 10.2. The average molecular weight is 275 g/mol. The minimum absolute atomic E-state index is 0.260. The number of nitrogens with one attached hydrogen (secondary N) is 1. The lowest BCUT2D eigenvalue weighted by Crippen LogP contribution is -2.15. The molecule has 100 valence electrons. The van der Waals surface area contributed by atoms with Crippen molar-refractivity contribution < 1.29 is 0 Å². The highest BCUT2D eigenvalue weighted by atomic mass is 32.1. The Hall–Kier alpha value is -1.95. The number of hydrogen-bond acceptors (Lipinski definition) is 4. The molecule has 0 aliphatic heterocycles. The van der Waals surface area contributed by atoms with E-state index in [0.29, 0.717) is 10.8 Å². The van der Waals surface area contributed by atoms with E-state index < -0.39 is 0 Å². The van der Waals surface area contributed by atoms with Crippen molar-refractivity contribution in [2.24, 2.45) is 5.73 Å². The fraction of sp³-hybridized carbons (Fsp3) is 0.308. The Bertz CT molecular complexity index is 603. The van der Waals surface area contributed by atoms with E-state index in [2.05, 4.69) is 29.2 Å². The molecule has 0 aliphatic rings. The van der Waals surface area contributed by atoms with Crippen LogP contribution in [-0.2, 0) is 0 Å². The zero-order valence-electron chi connectivity index (χ0n) is 11.2. The van der Waals surface area contributed by atoms with Crippen LogP contribution in [-0.4, -0.2) is 19.8 Å². The summed E-state index contributed by atoms with van der Waals surface area (Å²) in [7, 11) is 0. The molecule has 0 aromatic carbocycles. The van der Waals surface area contributed by atoms with Crippen molar-refractivity contribution in [3.8, 4) is 0 Å². The van der Waals surface area contributed by atoms with E-state index in [-0.39, 0.29) is 6.04 Å². The largest absolute Gasteiger partial charge is 0.389 e. The number of hydrogen-bond donors (Lipinski definition) is 2. The maximum Gasteiger partial charge on any atom is 0.142 e. The normalized spacial score (nSPS) is 10.7. The first-order chi connectivity index (χ1) is 8.99. The third-order valence-corrected chi connectivity index (χ3v) is 2.93. The summed E-state index contributed by atoms with van der Waals surface area (Å²) in [6.45, 7) is 6.06. The van der Waals surface area contributed by atoms with Crippen LogP contribution in [0, 0.1) is 6.92 Å². The molecule has 0 aliphatic carbocycles. The van der Waals surface area contributed by atoms with Crippen LogP contribution in [0.1, 0.15) is 31.1 Å². The molecule has 2 aromatic heterocycles. The first-order valence-electron chi connectivity index (χ1n) is 6.07. The molecule has 0 amide bonds. The van der Waals surface area contributed by atoms with Gasteiger partial charge in [0.15, 0.2) is 0 Å². The number of anilines is 2. The Morgan fingerprint density at radius 3 is 2.74 bits per heavy atom. The second-order valence-corrected chi connectivity index (χ2v) is 5.03. The Morgan fingerprint density at radius 1 is 1.37 bits per heavy atom. The molecule has 19 heavy (non-hydrogen) atoms. The van der Waals surface area contributed by atoms with Crippen LogP contribution in [0.3, 0.4) is 0 Å². The number of aromatic nitrogens is 3. The zero-order valence-corrected chi connectivity index (χ0v) is 12.0. The Balaban J connectivity index is 2.40. The summed E-state index contributed by atoms with van der Waals surface area (Å²) >= 11 is 5.05. The monoisotopic (exact) mass is 275 g/mol. The van der Waals surface area contributed by atoms with Gasteiger partial charge in [-0.25, -0.2) is 9.67 Å². The second kappa shape index (κ2) is 5.36. The van der Waals surface area contributed by atoms with Crippen LogP contribution in [0.2, 0.25) is 0 Å². The Kier molecular flexibility index (Phi) is 3.80. The molecule has 0 radical (unpaired) electrons. The third kappa shape index (κ3) is 2.90. The van der Waals surface area contributed by atoms with Crippen molar-refractivity contribution in [3.05, 3.63) is 35.7 Å². The van der Waals surface area contributed by atoms with Gasteiger partial charge in [-0.1, -0.05) is 12.2 Å². The second-order valence-electron chi connectivity index (χ2n) is 4.59. The maximum atomic E-state index is 5.72.